The number of benzene rings is 10. The van der Waals surface area contributed by atoms with Crippen LogP contribution in [0.2, 0.25) is 0 Å². The Kier molecular flexibility index (Phi) is 8.33. The molecule has 0 N–H and O–H groups in total. The molecule has 11 aromatic rings. The van der Waals surface area contributed by atoms with E-state index in [4.69, 9.17) is 0 Å². The third kappa shape index (κ3) is 5.46. The second-order valence-corrected chi connectivity index (χ2v) is 17.0. The molecule has 1 nitrogen and oxygen atoms in total. The van der Waals surface area contributed by atoms with Crippen LogP contribution in [0, 0.1) is 0 Å². The van der Waals surface area contributed by atoms with E-state index in [1.807, 2.05) is 11.3 Å². The Balaban J connectivity index is 1.23. The van der Waals surface area contributed by atoms with Crippen LogP contribution < -0.4 is 4.90 Å². The minimum absolute atomic E-state index is 0.538. The van der Waals surface area contributed by atoms with Gasteiger partial charge in [-0.3, -0.25) is 0 Å². The molecule has 0 unspecified atom stereocenters. The minimum atomic E-state index is -0.538. The van der Waals surface area contributed by atoms with Gasteiger partial charge in [-0.2, -0.15) is 0 Å². The number of thiophene rings is 1. The summed E-state index contributed by atoms with van der Waals surface area (Å²) < 4.78 is 2.58. The van der Waals surface area contributed by atoms with Gasteiger partial charge in [0.1, 0.15) is 0 Å². The van der Waals surface area contributed by atoms with E-state index < -0.39 is 5.41 Å². The molecule has 1 heterocycles. The molecule has 0 aliphatic heterocycles. The van der Waals surface area contributed by atoms with E-state index in [9.17, 15) is 0 Å². The average molecular weight is 794 g/mol. The van der Waals surface area contributed by atoms with E-state index in [2.05, 4.69) is 241 Å². The molecule has 1 aliphatic carbocycles. The van der Waals surface area contributed by atoms with Gasteiger partial charge in [0.15, 0.2) is 0 Å². The molecule has 0 radical (unpaired) electrons. The van der Waals surface area contributed by atoms with Crippen molar-refractivity contribution in [1.29, 1.82) is 0 Å². The molecular weight excluding hydrogens is 755 g/mol. The third-order valence-corrected chi connectivity index (χ3v) is 13.9. The fourth-order valence-corrected chi connectivity index (χ4v) is 11.4. The Hall–Kier alpha value is -7.52. The second kappa shape index (κ2) is 14.3. The van der Waals surface area contributed by atoms with Crippen molar-refractivity contribution >= 4 is 59.3 Å². The van der Waals surface area contributed by atoms with Crippen LogP contribution in [0.4, 0.5) is 17.1 Å². The lowest BCUT2D eigenvalue weighted by Crippen LogP contribution is -2.28. The highest BCUT2D eigenvalue weighted by Crippen LogP contribution is 2.59. The van der Waals surface area contributed by atoms with Gasteiger partial charge in [0, 0.05) is 42.5 Å². The van der Waals surface area contributed by atoms with Gasteiger partial charge in [0.05, 0.1) is 11.1 Å². The molecule has 0 fully saturated rings. The fourth-order valence-electron chi connectivity index (χ4n) is 10.2. The zero-order valence-corrected chi connectivity index (χ0v) is 34.2. The first-order valence-electron chi connectivity index (χ1n) is 21.0. The average Bonchev–Trinajstić information content (AvgIpc) is 3.87. The van der Waals surface area contributed by atoms with Crippen LogP contribution in [-0.2, 0) is 5.41 Å². The van der Waals surface area contributed by atoms with Gasteiger partial charge < -0.3 is 4.90 Å². The maximum Gasteiger partial charge on any atom is 0.0714 e. The summed E-state index contributed by atoms with van der Waals surface area (Å²) >= 11 is 1.90. The molecule has 10 aromatic carbocycles. The summed E-state index contributed by atoms with van der Waals surface area (Å²) in [5, 5.41) is 5.05. The smallest absolute Gasteiger partial charge is 0.0714 e. The third-order valence-electron chi connectivity index (χ3n) is 12.7. The maximum absolute atomic E-state index is 2.56. The molecule has 2 heteroatoms. The van der Waals surface area contributed by atoms with Crippen molar-refractivity contribution < 1.29 is 0 Å². The second-order valence-electron chi connectivity index (χ2n) is 15.9. The molecule has 0 bridgehead atoms. The van der Waals surface area contributed by atoms with Crippen molar-refractivity contribution in [2.45, 2.75) is 5.41 Å². The van der Waals surface area contributed by atoms with E-state index in [1.54, 1.807) is 0 Å². The molecule has 12 rings (SSSR count). The predicted octanol–water partition coefficient (Wildman–Crippen LogP) is 16.4. The van der Waals surface area contributed by atoms with Gasteiger partial charge in [-0.15, -0.1) is 11.3 Å². The maximum atomic E-state index is 2.56. The number of fused-ring (bicyclic) bond motifs is 8. The van der Waals surface area contributed by atoms with Crippen LogP contribution in [0.15, 0.2) is 237 Å². The molecule has 1 aromatic heterocycles. The summed E-state index contributed by atoms with van der Waals surface area (Å²) in [6.07, 6.45) is 0. The number of hydrogen-bond donors (Lipinski definition) is 0. The number of nitrogens with zero attached hydrogens (tertiary/aromatic N) is 1. The Morgan fingerprint density at radius 1 is 0.361 bits per heavy atom. The van der Waals surface area contributed by atoms with E-state index in [0.717, 1.165) is 11.4 Å². The van der Waals surface area contributed by atoms with Crippen LogP contribution in [-0.4, -0.2) is 0 Å². The molecule has 0 atom stereocenters. The van der Waals surface area contributed by atoms with Gasteiger partial charge in [-0.25, -0.2) is 0 Å². The largest absolute Gasteiger partial charge is 0.309 e. The molecule has 0 amide bonds. The van der Waals surface area contributed by atoms with Crippen molar-refractivity contribution in [3.8, 4) is 33.4 Å². The Morgan fingerprint density at radius 3 is 1.56 bits per heavy atom. The standard InChI is InChI=1S/C59H39NS/c1-5-19-40(20-6-1)41-33-35-45(36-34-41)60(57-55(42-21-7-2-8-22-42)49-28-13-14-29-50(49)58-56(57)51-30-16-18-32-54(51)61-58)46-37-38-48-47-27-15-17-31-52(47)59(53(48)39-46,43-23-9-3-10-24-43)44-25-11-4-12-26-44/h1-39H. The normalized spacial score (nSPS) is 12.7. The number of hydrogen-bond acceptors (Lipinski definition) is 2. The molecule has 286 valence electrons. The minimum Gasteiger partial charge on any atom is -0.309 e. The Bertz CT molecular complexity index is 3350. The van der Waals surface area contributed by atoms with Gasteiger partial charge in [0.2, 0.25) is 0 Å². The van der Waals surface area contributed by atoms with E-state index in [-0.39, 0.29) is 0 Å². The fraction of sp³-hybridized carbons (Fsp3) is 0.0169. The SMILES string of the molecule is c1ccc(-c2ccc(N(c3ccc4c(c3)C(c3ccccc3)(c3ccccc3)c3ccccc3-4)c3c(-c4ccccc4)c4ccccc4c4sc5ccccc5c34)cc2)cc1. The monoisotopic (exact) mass is 793 g/mol. The van der Waals surface area contributed by atoms with Gasteiger partial charge in [0.25, 0.3) is 0 Å². The Morgan fingerprint density at radius 2 is 0.869 bits per heavy atom. The first-order valence-corrected chi connectivity index (χ1v) is 21.8. The summed E-state index contributed by atoms with van der Waals surface area (Å²) in [6.45, 7) is 0. The quantitative estimate of drug-likeness (QED) is 0.155. The summed E-state index contributed by atoms with van der Waals surface area (Å²) in [4.78, 5) is 2.56. The first-order chi connectivity index (χ1) is 30.3. The van der Waals surface area contributed by atoms with Crippen molar-refractivity contribution in [3.05, 3.63) is 259 Å². The van der Waals surface area contributed by atoms with Gasteiger partial charge >= 0.3 is 0 Å². The topological polar surface area (TPSA) is 3.24 Å². The molecular formula is C59H39NS. The van der Waals surface area contributed by atoms with Crippen LogP contribution in [0.25, 0.3) is 64.3 Å². The lowest BCUT2D eigenvalue weighted by molar-refractivity contribution is 0.768. The highest BCUT2D eigenvalue weighted by molar-refractivity contribution is 7.26. The van der Waals surface area contributed by atoms with E-state index in [0.29, 0.717) is 0 Å². The zero-order chi connectivity index (χ0) is 40.3. The van der Waals surface area contributed by atoms with Crippen molar-refractivity contribution in [3.63, 3.8) is 0 Å². The molecule has 0 saturated heterocycles. The van der Waals surface area contributed by atoms with E-state index in [1.165, 1.54) is 92.3 Å². The zero-order valence-electron chi connectivity index (χ0n) is 33.4. The van der Waals surface area contributed by atoms with E-state index >= 15 is 0 Å². The molecule has 1 aliphatic rings. The van der Waals surface area contributed by atoms with Crippen LogP contribution in [0.3, 0.4) is 0 Å². The Labute approximate surface area is 360 Å². The van der Waals surface area contributed by atoms with Gasteiger partial charge in [-0.1, -0.05) is 206 Å². The number of anilines is 3. The van der Waals surface area contributed by atoms with Crippen molar-refractivity contribution in [2.75, 3.05) is 4.90 Å². The lowest BCUT2D eigenvalue weighted by atomic mass is 9.67. The summed E-state index contributed by atoms with van der Waals surface area (Å²) in [5.74, 6) is 0. The molecule has 0 spiro atoms. The molecule has 0 saturated carbocycles. The van der Waals surface area contributed by atoms with Crippen molar-refractivity contribution in [2.24, 2.45) is 0 Å². The van der Waals surface area contributed by atoms with Crippen LogP contribution in [0.1, 0.15) is 22.3 Å². The summed E-state index contributed by atoms with van der Waals surface area (Å²) in [6, 6.07) is 87.4. The molecule has 61 heavy (non-hydrogen) atoms. The predicted molar refractivity (Wildman–Crippen MR) is 260 cm³/mol. The highest BCUT2D eigenvalue weighted by Gasteiger charge is 2.46. The van der Waals surface area contributed by atoms with Crippen molar-refractivity contribution in [1.82, 2.24) is 0 Å². The van der Waals surface area contributed by atoms with Crippen LogP contribution in [0.5, 0.6) is 0 Å². The summed E-state index contributed by atoms with van der Waals surface area (Å²) in [7, 11) is 0. The van der Waals surface area contributed by atoms with Crippen LogP contribution >= 0.6 is 11.3 Å². The van der Waals surface area contributed by atoms with Gasteiger partial charge in [-0.05, 0) is 85.8 Å². The first kappa shape index (κ1) is 35.4. The lowest BCUT2D eigenvalue weighted by Gasteiger charge is -2.35. The summed E-state index contributed by atoms with van der Waals surface area (Å²) in [5.41, 5.74) is 15.3. The number of rotatable bonds is 7. The highest BCUT2D eigenvalue weighted by atomic mass is 32.1.